The minimum Gasteiger partial charge on any atom is -0.355 e. The summed E-state index contributed by atoms with van der Waals surface area (Å²) in [4.78, 5) is 60.6. The number of thiazole rings is 1. The summed E-state index contributed by atoms with van der Waals surface area (Å²) in [5, 5.41) is 6.48. The number of piperidine rings is 2. The summed E-state index contributed by atoms with van der Waals surface area (Å²) < 4.78 is 43.5. The van der Waals surface area contributed by atoms with Gasteiger partial charge in [0, 0.05) is 61.7 Å². The van der Waals surface area contributed by atoms with E-state index in [1.807, 2.05) is 49.9 Å². The number of halogens is 1. The van der Waals surface area contributed by atoms with Gasteiger partial charge < -0.3 is 15.1 Å². The van der Waals surface area contributed by atoms with Crippen molar-refractivity contribution < 1.29 is 27.2 Å². The fraction of sp³-hybridized carbons (Fsp3) is 0.400. The van der Waals surface area contributed by atoms with E-state index >= 15 is 4.39 Å². The van der Waals surface area contributed by atoms with Gasteiger partial charge in [0.2, 0.25) is 33.7 Å². The molecule has 0 bridgehead atoms. The molecule has 0 spiro atoms. The Balaban J connectivity index is 0.875. The molecule has 0 radical (unpaired) electrons. The molecule has 8 rings (SSSR count). The Morgan fingerprint density at radius 1 is 0.952 bits per heavy atom. The number of rotatable bonds is 12. The lowest BCUT2D eigenvalue weighted by Crippen LogP contribution is -2.55. The number of carbonyl (C=O) groups excluding carboxylic acids is 3. The second kappa shape index (κ2) is 17.5. The second-order valence-corrected chi connectivity index (χ2v) is 20.0. The molecule has 3 fully saturated rings. The first-order valence-electron chi connectivity index (χ1n) is 21.0. The van der Waals surface area contributed by atoms with Crippen LogP contribution in [0.25, 0.3) is 21.8 Å². The zero-order valence-electron chi connectivity index (χ0n) is 35.2. The number of carbonyl (C=O) groups is 3. The van der Waals surface area contributed by atoms with E-state index in [1.54, 1.807) is 37.5 Å². The van der Waals surface area contributed by atoms with Crippen molar-refractivity contribution in [1.29, 1.82) is 0 Å². The van der Waals surface area contributed by atoms with Crippen LogP contribution in [0, 0.1) is 11.7 Å². The largest absolute Gasteiger partial charge is 0.355 e. The molecule has 14 nitrogen and oxygen atoms in total. The van der Waals surface area contributed by atoms with E-state index in [4.69, 9.17) is 9.97 Å². The third kappa shape index (κ3) is 9.33. The molecule has 17 heteroatoms. The minimum absolute atomic E-state index is 0.0800. The summed E-state index contributed by atoms with van der Waals surface area (Å²) in [6, 6.07) is 18.3. The molecule has 3 amide bonds. The zero-order valence-corrected chi connectivity index (χ0v) is 36.8. The van der Waals surface area contributed by atoms with Crippen LogP contribution in [0.4, 0.5) is 27.5 Å². The number of aromatic nitrogens is 4. The van der Waals surface area contributed by atoms with Crippen LogP contribution in [0.5, 0.6) is 0 Å². The highest BCUT2D eigenvalue weighted by Crippen LogP contribution is 2.42. The second-order valence-electron chi connectivity index (χ2n) is 17.2. The van der Waals surface area contributed by atoms with Gasteiger partial charge in [0.05, 0.1) is 44.5 Å². The number of anilines is 4. The van der Waals surface area contributed by atoms with E-state index in [9.17, 15) is 22.8 Å². The summed E-state index contributed by atoms with van der Waals surface area (Å²) >= 11 is 1.41. The van der Waals surface area contributed by atoms with Gasteiger partial charge >= 0.3 is 0 Å². The van der Waals surface area contributed by atoms with Gasteiger partial charge in [-0.05, 0) is 79.1 Å². The van der Waals surface area contributed by atoms with Crippen LogP contribution in [0.3, 0.4) is 0 Å². The molecule has 6 heterocycles. The first-order valence-corrected chi connectivity index (χ1v) is 23.5. The number of hydrogen-bond acceptors (Lipinski definition) is 12. The monoisotopic (exact) mass is 879 g/mol. The Morgan fingerprint density at radius 2 is 1.69 bits per heavy atom. The van der Waals surface area contributed by atoms with E-state index in [0.29, 0.717) is 73.6 Å². The number of sulfonamides is 1. The molecule has 5 aromatic rings. The lowest BCUT2D eigenvalue weighted by molar-refractivity contribution is -0.137. The van der Waals surface area contributed by atoms with E-state index in [1.165, 1.54) is 23.0 Å². The molecule has 1 atom stereocenters. The van der Waals surface area contributed by atoms with Crippen LogP contribution < -0.4 is 20.3 Å². The van der Waals surface area contributed by atoms with Gasteiger partial charge in [-0.15, -0.1) is 11.3 Å². The maximum absolute atomic E-state index is 16.1. The van der Waals surface area contributed by atoms with Gasteiger partial charge in [0.25, 0.3) is 0 Å². The zero-order chi connectivity index (χ0) is 43.8. The normalized spacial score (nSPS) is 17.7. The third-order valence-corrected chi connectivity index (χ3v) is 14.5. The molecule has 3 aliphatic rings. The average molecular weight is 880 g/mol. The van der Waals surface area contributed by atoms with E-state index in [0.717, 1.165) is 34.9 Å². The molecule has 3 saturated heterocycles. The number of pyridine rings is 1. The van der Waals surface area contributed by atoms with E-state index in [2.05, 4.69) is 42.4 Å². The van der Waals surface area contributed by atoms with E-state index < -0.39 is 15.8 Å². The molecule has 3 aliphatic heterocycles. The van der Waals surface area contributed by atoms with Gasteiger partial charge in [-0.25, -0.2) is 32.7 Å². The summed E-state index contributed by atoms with van der Waals surface area (Å²) in [6.45, 7) is 10.4. The molecule has 0 aliphatic carbocycles. The SMILES string of the molecule is CCCS(=O)(=O)Nc1cccc(-c2nc(C(C)(C)C)sc2-c2ccnc(Nc3ccc(C4CCN(C(=O)C5CN(c6ccc([C@H]7CCC(=O)NC7=O)cn6)C5)CC4)cc3)n2)c1F. The van der Waals surface area contributed by atoms with Gasteiger partial charge in [-0.3, -0.25) is 24.4 Å². The quantitative estimate of drug-likeness (QED) is 0.107. The van der Waals surface area contributed by atoms with E-state index in [-0.39, 0.29) is 52.0 Å². The maximum Gasteiger partial charge on any atom is 0.234 e. The molecular formula is C45H50FN9O5S2. The molecule has 0 unspecified atom stereocenters. The smallest absolute Gasteiger partial charge is 0.234 e. The van der Waals surface area contributed by atoms with Crippen LogP contribution in [0.2, 0.25) is 0 Å². The predicted octanol–water partition coefficient (Wildman–Crippen LogP) is 7.36. The molecule has 62 heavy (non-hydrogen) atoms. The molecular weight excluding hydrogens is 830 g/mol. The van der Waals surface area contributed by atoms with Crippen LogP contribution >= 0.6 is 11.3 Å². The van der Waals surface area contributed by atoms with Crippen LogP contribution in [0.15, 0.2) is 73.1 Å². The minimum atomic E-state index is -3.72. The first-order chi connectivity index (χ1) is 29.7. The highest BCUT2D eigenvalue weighted by atomic mass is 32.2. The first kappa shape index (κ1) is 42.9. The number of amides is 3. The van der Waals surface area contributed by atoms with Crippen molar-refractivity contribution in [2.24, 2.45) is 5.92 Å². The lowest BCUT2D eigenvalue weighted by atomic mass is 9.88. The third-order valence-electron chi connectivity index (χ3n) is 11.6. The lowest BCUT2D eigenvalue weighted by Gasteiger charge is -2.43. The Kier molecular flexibility index (Phi) is 12.1. The standard InChI is InChI=1S/C45H50FN9O5S2/c1-5-23-62(59,60)53-34-8-6-7-33(38(34)46)39-40(61-43(52-39)45(2,3)4)35-17-20-47-44(50-35)49-31-12-9-27(10-13-31)28-18-21-54(22-19-28)42(58)30-25-55(26-30)36-15-11-29(24-48-36)32-14-16-37(56)51-41(32)57/h6-13,15,17,20,24,28,30,32,53H,5,14,16,18-19,21-23,25-26H2,1-4H3,(H,47,49,50)(H,51,56,57)/t32-/m1/s1. The molecule has 324 valence electrons. The molecule has 2 aromatic carbocycles. The average Bonchev–Trinajstić information content (AvgIpc) is 3.68. The fourth-order valence-electron chi connectivity index (χ4n) is 8.11. The Labute approximate surface area is 364 Å². The fourth-order valence-corrected chi connectivity index (χ4v) is 10.3. The highest BCUT2D eigenvalue weighted by molar-refractivity contribution is 7.92. The van der Waals surface area contributed by atoms with Gasteiger partial charge in [-0.2, -0.15) is 0 Å². The van der Waals surface area contributed by atoms with Crippen LogP contribution in [-0.2, 0) is 29.8 Å². The number of imide groups is 1. The Morgan fingerprint density at radius 3 is 2.37 bits per heavy atom. The van der Waals surface area contributed by atoms with Gasteiger partial charge in [0.1, 0.15) is 5.82 Å². The van der Waals surface area contributed by atoms with Crippen molar-refractivity contribution in [3.05, 3.63) is 95.0 Å². The van der Waals surface area contributed by atoms with Gasteiger partial charge in [-0.1, -0.05) is 52.0 Å². The van der Waals surface area contributed by atoms with Crippen LogP contribution in [0.1, 0.15) is 87.8 Å². The van der Waals surface area contributed by atoms with Crippen molar-refractivity contribution in [3.63, 3.8) is 0 Å². The highest BCUT2D eigenvalue weighted by Gasteiger charge is 2.38. The van der Waals surface area contributed by atoms with Gasteiger partial charge in [0.15, 0.2) is 5.82 Å². The Hall–Kier alpha value is -5.81. The number of likely N-dealkylation sites (tertiary alicyclic amines) is 1. The summed E-state index contributed by atoms with van der Waals surface area (Å²) in [6.07, 6.45) is 6.27. The number of nitrogens with one attached hydrogen (secondary N) is 3. The maximum atomic E-state index is 16.1. The van der Waals surface area contributed by atoms with Crippen molar-refractivity contribution >= 4 is 62.2 Å². The summed E-state index contributed by atoms with van der Waals surface area (Å²) in [5.41, 5.74) is 3.40. The Bertz CT molecular complexity index is 2580. The van der Waals surface area contributed by atoms with Crippen molar-refractivity contribution in [3.8, 4) is 21.8 Å². The van der Waals surface area contributed by atoms with Crippen molar-refractivity contribution in [1.82, 2.24) is 30.2 Å². The number of hydrogen-bond donors (Lipinski definition) is 3. The number of nitrogens with zero attached hydrogens (tertiary/aromatic N) is 6. The molecule has 3 N–H and O–H groups in total. The molecule has 0 saturated carbocycles. The summed E-state index contributed by atoms with van der Waals surface area (Å²) in [5.74, 6) is -0.179. The predicted molar refractivity (Wildman–Crippen MR) is 238 cm³/mol. The topological polar surface area (TPSA) is 179 Å². The molecule has 3 aromatic heterocycles. The van der Waals surface area contributed by atoms with Crippen LogP contribution in [-0.4, -0.2) is 82.9 Å². The number of benzene rings is 2. The van der Waals surface area contributed by atoms with Crippen molar-refractivity contribution in [2.45, 2.75) is 77.0 Å². The summed E-state index contributed by atoms with van der Waals surface area (Å²) in [7, 11) is -3.72. The van der Waals surface area contributed by atoms with Crippen molar-refractivity contribution in [2.75, 3.05) is 46.9 Å².